The summed E-state index contributed by atoms with van der Waals surface area (Å²) in [5.41, 5.74) is 2.00. The Morgan fingerprint density at radius 1 is 1.09 bits per heavy atom. The lowest BCUT2D eigenvalue weighted by molar-refractivity contribution is -0.122. The van der Waals surface area contributed by atoms with E-state index < -0.39 is 5.91 Å². The molecule has 0 aromatic heterocycles. The molecule has 2 aromatic rings. The van der Waals surface area contributed by atoms with Gasteiger partial charge in [-0.15, -0.1) is 0 Å². The van der Waals surface area contributed by atoms with Gasteiger partial charge in [-0.3, -0.25) is 24.2 Å². The quantitative estimate of drug-likeness (QED) is 0.496. The first-order chi connectivity index (χ1) is 15.4. The van der Waals surface area contributed by atoms with E-state index in [9.17, 15) is 14.4 Å². The standard InChI is InChI=1S/C22H18ClN3O4S2/c1-30-11-10-25-21(29)19(32-22(25)31)18-15-4-2-3-5-16(15)26(20(18)28)12-17(27)24-14-8-6-13(23)7-9-14/h2-9H,10-12H2,1H3,(H,24,27). The molecule has 4 rings (SSSR count). The van der Waals surface area contributed by atoms with E-state index in [1.54, 1.807) is 55.6 Å². The van der Waals surface area contributed by atoms with Crippen LogP contribution in [-0.2, 0) is 19.1 Å². The summed E-state index contributed by atoms with van der Waals surface area (Å²) < 4.78 is 5.42. The average molecular weight is 488 g/mol. The molecule has 1 saturated heterocycles. The van der Waals surface area contributed by atoms with Crippen molar-refractivity contribution >= 4 is 74.6 Å². The lowest BCUT2D eigenvalue weighted by Crippen LogP contribution is -2.35. The van der Waals surface area contributed by atoms with E-state index in [-0.39, 0.29) is 28.8 Å². The normalized spacial score (nSPS) is 17.9. The Morgan fingerprint density at radius 2 is 1.81 bits per heavy atom. The third-order valence-corrected chi connectivity index (χ3v) is 6.65. The van der Waals surface area contributed by atoms with Crippen LogP contribution in [0.1, 0.15) is 5.56 Å². The van der Waals surface area contributed by atoms with Crippen LogP contribution in [0.2, 0.25) is 5.02 Å². The van der Waals surface area contributed by atoms with Crippen molar-refractivity contribution in [1.29, 1.82) is 0 Å². The molecule has 2 aliphatic heterocycles. The Balaban J connectivity index is 1.62. The fraction of sp³-hybridized carbons (Fsp3) is 0.182. The monoisotopic (exact) mass is 487 g/mol. The number of methoxy groups -OCH3 is 1. The topological polar surface area (TPSA) is 79.0 Å². The number of nitrogens with zero attached hydrogens (tertiary/aromatic N) is 2. The number of carbonyl (C=O) groups excluding carboxylic acids is 3. The minimum atomic E-state index is -0.412. The van der Waals surface area contributed by atoms with Gasteiger partial charge in [-0.2, -0.15) is 0 Å². The van der Waals surface area contributed by atoms with Gasteiger partial charge in [-0.05, 0) is 30.3 Å². The van der Waals surface area contributed by atoms with Crippen LogP contribution in [0.15, 0.2) is 53.4 Å². The Labute approximate surface area is 199 Å². The van der Waals surface area contributed by atoms with Crippen LogP contribution >= 0.6 is 35.6 Å². The zero-order valence-electron chi connectivity index (χ0n) is 17.0. The molecular formula is C22H18ClN3O4S2. The fourth-order valence-corrected chi connectivity index (χ4v) is 4.96. The number of amides is 3. The van der Waals surface area contributed by atoms with Crippen molar-refractivity contribution in [1.82, 2.24) is 4.90 Å². The van der Waals surface area contributed by atoms with Gasteiger partial charge in [0.1, 0.15) is 10.9 Å². The van der Waals surface area contributed by atoms with Crippen LogP contribution in [0.4, 0.5) is 11.4 Å². The summed E-state index contributed by atoms with van der Waals surface area (Å²) in [6, 6.07) is 13.8. The number of hydrogen-bond acceptors (Lipinski definition) is 6. The summed E-state index contributed by atoms with van der Waals surface area (Å²) in [5.74, 6) is -1.11. The summed E-state index contributed by atoms with van der Waals surface area (Å²) in [7, 11) is 1.54. The second-order valence-corrected chi connectivity index (χ2v) is 9.07. The van der Waals surface area contributed by atoms with Crippen molar-refractivity contribution in [3.63, 3.8) is 0 Å². The molecule has 1 fully saturated rings. The van der Waals surface area contributed by atoms with E-state index >= 15 is 0 Å². The number of halogens is 1. The average Bonchev–Trinajstić information content (AvgIpc) is 3.20. The Bertz CT molecular complexity index is 1150. The highest BCUT2D eigenvalue weighted by molar-refractivity contribution is 8.26. The number of rotatable bonds is 6. The SMILES string of the molecule is COCCN1C(=O)C(=C2C(=O)N(CC(=O)Nc3ccc(Cl)cc3)c3ccccc32)SC1=S. The van der Waals surface area contributed by atoms with Gasteiger partial charge in [0.2, 0.25) is 5.91 Å². The zero-order chi connectivity index (χ0) is 22.8. The molecule has 2 aromatic carbocycles. The number of thiocarbonyl (C=S) groups is 1. The minimum Gasteiger partial charge on any atom is -0.383 e. The highest BCUT2D eigenvalue weighted by Crippen LogP contribution is 2.44. The summed E-state index contributed by atoms with van der Waals surface area (Å²) in [6.07, 6.45) is 0. The second-order valence-electron chi connectivity index (χ2n) is 6.99. The number of fused-ring (bicyclic) bond motifs is 1. The number of carbonyl (C=O) groups is 3. The van der Waals surface area contributed by atoms with E-state index in [4.69, 9.17) is 28.6 Å². The highest BCUT2D eigenvalue weighted by atomic mass is 35.5. The molecule has 0 aliphatic carbocycles. The van der Waals surface area contributed by atoms with E-state index in [0.717, 1.165) is 11.8 Å². The summed E-state index contributed by atoms with van der Waals surface area (Å²) in [6.45, 7) is 0.434. The molecule has 0 atom stereocenters. The second kappa shape index (κ2) is 9.41. The van der Waals surface area contributed by atoms with Gasteiger partial charge in [0.25, 0.3) is 11.8 Å². The lowest BCUT2D eigenvalue weighted by atomic mass is 10.1. The Hall–Kier alpha value is -2.72. The van der Waals surface area contributed by atoms with Gasteiger partial charge in [-0.1, -0.05) is 53.8 Å². The largest absolute Gasteiger partial charge is 0.383 e. The van der Waals surface area contributed by atoms with Gasteiger partial charge >= 0.3 is 0 Å². The smallest absolute Gasteiger partial charge is 0.267 e. The van der Waals surface area contributed by atoms with E-state index in [1.807, 2.05) is 0 Å². The van der Waals surface area contributed by atoms with Crippen LogP contribution in [-0.4, -0.2) is 53.7 Å². The summed E-state index contributed by atoms with van der Waals surface area (Å²) in [5, 5.41) is 3.31. The van der Waals surface area contributed by atoms with Crippen LogP contribution in [0.5, 0.6) is 0 Å². The number of ether oxygens (including phenoxy) is 1. The number of benzene rings is 2. The molecular weight excluding hydrogens is 470 g/mol. The summed E-state index contributed by atoms with van der Waals surface area (Å²) in [4.78, 5) is 42.1. The number of nitrogens with one attached hydrogen (secondary N) is 1. The maximum atomic E-state index is 13.4. The molecule has 0 saturated carbocycles. The lowest BCUT2D eigenvalue weighted by Gasteiger charge is -2.17. The first kappa shape index (κ1) is 22.5. The van der Waals surface area contributed by atoms with Crippen molar-refractivity contribution in [3.05, 3.63) is 64.0 Å². The molecule has 164 valence electrons. The first-order valence-electron chi connectivity index (χ1n) is 9.64. The van der Waals surface area contributed by atoms with Crippen LogP contribution in [0.25, 0.3) is 5.57 Å². The number of para-hydroxylation sites is 1. The molecule has 0 spiro atoms. The molecule has 3 amide bonds. The van der Waals surface area contributed by atoms with Gasteiger partial charge in [0, 0.05) is 23.4 Å². The predicted octanol–water partition coefficient (Wildman–Crippen LogP) is 3.54. The van der Waals surface area contributed by atoms with Crippen molar-refractivity contribution in [2.75, 3.05) is 37.0 Å². The molecule has 0 unspecified atom stereocenters. The number of thioether (sulfide) groups is 1. The molecule has 2 aliphatic rings. The van der Waals surface area contributed by atoms with Gasteiger partial charge < -0.3 is 10.1 Å². The molecule has 10 heteroatoms. The zero-order valence-corrected chi connectivity index (χ0v) is 19.4. The van der Waals surface area contributed by atoms with Crippen molar-refractivity contribution < 1.29 is 19.1 Å². The van der Waals surface area contributed by atoms with Crippen molar-refractivity contribution in [2.45, 2.75) is 0 Å². The Morgan fingerprint density at radius 3 is 2.53 bits per heavy atom. The predicted molar refractivity (Wildman–Crippen MR) is 130 cm³/mol. The molecule has 32 heavy (non-hydrogen) atoms. The van der Waals surface area contributed by atoms with Crippen LogP contribution < -0.4 is 10.2 Å². The maximum Gasteiger partial charge on any atom is 0.267 e. The van der Waals surface area contributed by atoms with Crippen LogP contribution in [0.3, 0.4) is 0 Å². The fourth-order valence-electron chi connectivity index (χ4n) is 3.46. The van der Waals surface area contributed by atoms with E-state index in [0.29, 0.717) is 39.4 Å². The third-order valence-electron chi connectivity index (χ3n) is 4.95. The third kappa shape index (κ3) is 4.29. The van der Waals surface area contributed by atoms with Gasteiger partial charge in [0.15, 0.2) is 0 Å². The number of anilines is 2. The molecule has 0 radical (unpaired) electrons. The number of hydrogen-bond donors (Lipinski definition) is 1. The van der Waals surface area contributed by atoms with Gasteiger partial charge in [-0.25, -0.2) is 0 Å². The van der Waals surface area contributed by atoms with E-state index in [1.165, 1.54) is 9.80 Å². The first-order valence-corrected chi connectivity index (χ1v) is 11.2. The highest BCUT2D eigenvalue weighted by Gasteiger charge is 2.42. The maximum absolute atomic E-state index is 13.4. The molecule has 2 heterocycles. The summed E-state index contributed by atoms with van der Waals surface area (Å²) >= 11 is 12.3. The van der Waals surface area contributed by atoms with Crippen molar-refractivity contribution in [2.24, 2.45) is 0 Å². The van der Waals surface area contributed by atoms with Gasteiger partial charge in [0.05, 0.1) is 29.3 Å². The van der Waals surface area contributed by atoms with Crippen molar-refractivity contribution in [3.8, 4) is 0 Å². The Kier molecular flexibility index (Phi) is 6.61. The van der Waals surface area contributed by atoms with E-state index in [2.05, 4.69) is 5.32 Å². The van der Waals surface area contributed by atoms with Crippen LogP contribution in [0, 0.1) is 0 Å². The molecule has 7 nitrogen and oxygen atoms in total. The molecule has 1 N–H and O–H groups in total. The minimum absolute atomic E-state index is 0.202. The molecule has 0 bridgehead atoms.